The number of aromatic nitrogens is 3. The fraction of sp³-hybridized carbons (Fsp3) is 0.500. The minimum Gasteiger partial charge on any atom is -0.339 e. The number of hydrogen-bond acceptors (Lipinski definition) is 3. The van der Waals surface area contributed by atoms with Gasteiger partial charge in [-0.3, -0.25) is 14.5 Å². The number of nitrogens with zero attached hydrogens (tertiary/aromatic N) is 4. The Morgan fingerprint density at radius 2 is 2.03 bits per heavy atom. The highest BCUT2D eigenvalue weighted by Crippen LogP contribution is 2.42. The molecule has 0 unspecified atom stereocenters. The summed E-state index contributed by atoms with van der Waals surface area (Å²) in [6.45, 7) is 4.89. The van der Waals surface area contributed by atoms with Crippen LogP contribution in [0.25, 0.3) is 11.3 Å². The first-order chi connectivity index (χ1) is 13.9. The molecule has 0 aromatic carbocycles. The van der Waals surface area contributed by atoms with Gasteiger partial charge in [0.25, 0.3) is 0 Å². The molecule has 1 atom stereocenters. The smallest absolute Gasteiger partial charge is 0.248 e. The largest absolute Gasteiger partial charge is 0.339 e. The van der Waals surface area contributed by atoms with E-state index >= 15 is 0 Å². The Bertz CT molecular complexity index is 913. The van der Waals surface area contributed by atoms with Crippen LogP contribution in [-0.2, 0) is 11.8 Å². The van der Waals surface area contributed by atoms with Crippen LogP contribution in [0.4, 0.5) is 8.78 Å². The Hall–Kier alpha value is -2.57. The number of halogens is 2. The van der Waals surface area contributed by atoms with E-state index in [-0.39, 0.29) is 30.6 Å². The second kappa shape index (κ2) is 7.69. The Balaban J connectivity index is 1.65. The molecular weight excluding hydrogens is 374 g/mol. The van der Waals surface area contributed by atoms with E-state index in [4.69, 9.17) is 0 Å². The first kappa shape index (κ1) is 19.7. The van der Waals surface area contributed by atoms with Crippen molar-refractivity contribution in [3.63, 3.8) is 0 Å². The van der Waals surface area contributed by atoms with Crippen molar-refractivity contribution in [2.24, 2.45) is 7.05 Å². The van der Waals surface area contributed by atoms with Crippen molar-refractivity contribution in [2.45, 2.75) is 49.9 Å². The van der Waals surface area contributed by atoms with Gasteiger partial charge in [-0.05, 0) is 43.0 Å². The molecule has 0 spiro atoms. The maximum Gasteiger partial charge on any atom is 0.248 e. The van der Waals surface area contributed by atoms with E-state index in [9.17, 15) is 13.6 Å². The van der Waals surface area contributed by atoms with Crippen LogP contribution in [0, 0.1) is 0 Å². The Morgan fingerprint density at radius 1 is 1.28 bits per heavy atom. The van der Waals surface area contributed by atoms with Crippen molar-refractivity contribution in [3.05, 3.63) is 48.4 Å². The summed E-state index contributed by atoms with van der Waals surface area (Å²) in [6.07, 6.45) is 6.71. The van der Waals surface area contributed by atoms with Crippen molar-refractivity contribution in [3.8, 4) is 11.3 Å². The van der Waals surface area contributed by atoms with Gasteiger partial charge >= 0.3 is 0 Å². The zero-order valence-corrected chi connectivity index (χ0v) is 16.7. The molecule has 2 aromatic heterocycles. The van der Waals surface area contributed by atoms with Crippen molar-refractivity contribution >= 4 is 5.91 Å². The Morgan fingerprint density at radius 3 is 2.69 bits per heavy atom. The van der Waals surface area contributed by atoms with E-state index in [1.54, 1.807) is 9.58 Å². The molecule has 1 saturated heterocycles. The summed E-state index contributed by atoms with van der Waals surface area (Å²) in [5, 5.41) is 4.56. The minimum atomic E-state index is -2.55. The van der Waals surface area contributed by atoms with E-state index < -0.39 is 5.92 Å². The predicted molar refractivity (Wildman–Crippen MR) is 107 cm³/mol. The van der Waals surface area contributed by atoms with Crippen LogP contribution >= 0.6 is 0 Å². The number of hydrogen-bond donors (Lipinski definition) is 0. The monoisotopic (exact) mass is 400 g/mol. The van der Waals surface area contributed by atoms with Crippen molar-refractivity contribution in [1.82, 2.24) is 19.7 Å². The van der Waals surface area contributed by atoms with Crippen molar-refractivity contribution in [2.75, 3.05) is 13.1 Å². The lowest BCUT2D eigenvalue weighted by atomic mass is 9.83. The lowest BCUT2D eigenvalue weighted by molar-refractivity contribution is -0.125. The average molecular weight is 400 g/mol. The van der Waals surface area contributed by atoms with Gasteiger partial charge in [0.2, 0.25) is 11.8 Å². The van der Waals surface area contributed by atoms with Crippen LogP contribution in [0.2, 0.25) is 0 Å². The molecule has 2 aliphatic rings. The molecule has 2 aromatic rings. The molecule has 0 bridgehead atoms. The number of carbonyl (C=O) groups excluding carboxylic acids is 1. The van der Waals surface area contributed by atoms with Crippen molar-refractivity contribution < 1.29 is 13.6 Å². The van der Waals surface area contributed by atoms with Gasteiger partial charge in [0.05, 0.1) is 5.69 Å². The van der Waals surface area contributed by atoms with E-state index in [0.717, 1.165) is 28.9 Å². The number of carbonyl (C=O) groups is 1. The number of pyridine rings is 1. The molecule has 4 rings (SSSR count). The van der Waals surface area contributed by atoms with Gasteiger partial charge in [0.1, 0.15) is 0 Å². The van der Waals surface area contributed by atoms with E-state index in [1.807, 2.05) is 31.6 Å². The molecule has 154 valence electrons. The Kier molecular flexibility index (Phi) is 5.23. The van der Waals surface area contributed by atoms with Crippen molar-refractivity contribution in [1.29, 1.82) is 0 Å². The average Bonchev–Trinajstić information content (AvgIpc) is 3.36. The minimum absolute atomic E-state index is 0.0496. The molecule has 2 fully saturated rings. The fourth-order valence-corrected chi connectivity index (χ4v) is 4.49. The molecule has 0 N–H and O–H groups in total. The second-order valence-corrected chi connectivity index (χ2v) is 8.18. The van der Waals surface area contributed by atoms with Crippen LogP contribution in [-0.4, -0.2) is 44.6 Å². The molecule has 1 saturated carbocycles. The zero-order chi connectivity index (χ0) is 20.6. The molecule has 1 aliphatic carbocycles. The van der Waals surface area contributed by atoms with Gasteiger partial charge in [-0.1, -0.05) is 6.58 Å². The predicted octanol–water partition coefficient (Wildman–Crippen LogP) is 4.28. The van der Waals surface area contributed by atoms with Gasteiger partial charge in [-0.25, -0.2) is 8.78 Å². The van der Waals surface area contributed by atoms with E-state index in [1.165, 1.54) is 6.08 Å². The normalized spacial score (nSPS) is 22.0. The highest BCUT2D eigenvalue weighted by molar-refractivity contribution is 5.87. The van der Waals surface area contributed by atoms with Gasteiger partial charge in [-0.2, -0.15) is 5.10 Å². The molecule has 1 aliphatic heterocycles. The highest BCUT2D eigenvalue weighted by atomic mass is 19.3. The molecule has 29 heavy (non-hydrogen) atoms. The SMILES string of the molecule is C=CC(=O)N1CC[C@H](c2cnc(C3CCC(F)(F)CC3)cc2-c2ccn(C)n2)C1. The molecule has 0 radical (unpaired) electrons. The molecule has 1 amide bonds. The van der Waals surface area contributed by atoms with E-state index in [0.29, 0.717) is 25.9 Å². The van der Waals surface area contributed by atoms with Crippen LogP contribution < -0.4 is 0 Å². The standard InChI is InChI=1S/C22H26F2N4O/c1-3-21(29)28-11-6-16(14-28)18-13-25-20(15-4-8-22(23,24)9-5-15)12-17(18)19-7-10-27(2)26-19/h3,7,10,12-13,15-16H,1,4-6,8-9,11,14H2,2H3/t16-/m0/s1. The molecule has 5 nitrogen and oxygen atoms in total. The first-order valence-electron chi connectivity index (χ1n) is 10.2. The summed E-state index contributed by atoms with van der Waals surface area (Å²) in [6, 6.07) is 3.99. The summed E-state index contributed by atoms with van der Waals surface area (Å²) < 4.78 is 28.9. The number of likely N-dealkylation sites (tertiary alicyclic amines) is 1. The zero-order valence-electron chi connectivity index (χ0n) is 16.7. The van der Waals surface area contributed by atoms with Crippen LogP contribution in [0.5, 0.6) is 0 Å². The summed E-state index contributed by atoms with van der Waals surface area (Å²) in [5.74, 6) is -2.38. The van der Waals surface area contributed by atoms with Crippen LogP contribution in [0.1, 0.15) is 55.2 Å². The number of aryl methyl sites for hydroxylation is 1. The quantitative estimate of drug-likeness (QED) is 0.720. The number of rotatable bonds is 4. The second-order valence-electron chi connectivity index (χ2n) is 8.18. The molecule has 7 heteroatoms. The maximum absolute atomic E-state index is 13.6. The molecule has 3 heterocycles. The van der Waals surface area contributed by atoms with Crippen LogP contribution in [0.15, 0.2) is 37.2 Å². The third-order valence-corrected chi connectivity index (χ3v) is 6.20. The van der Waals surface area contributed by atoms with Gasteiger partial charge < -0.3 is 4.90 Å². The highest BCUT2D eigenvalue weighted by Gasteiger charge is 2.36. The number of alkyl halides is 2. The lowest BCUT2D eigenvalue weighted by Crippen LogP contribution is -2.26. The van der Waals surface area contributed by atoms with Gasteiger partial charge in [-0.15, -0.1) is 0 Å². The third kappa shape index (κ3) is 4.09. The summed E-state index contributed by atoms with van der Waals surface area (Å²) in [7, 11) is 1.87. The topological polar surface area (TPSA) is 51.0 Å². The lowest BCUT2D eigenvalue weighted by Gasteiger charge is -2.28. The summed E-state index contributed by atoms with van der Waals surface area (Å²) >= 11 is 0. The fourth-order valence-electron chi connectivity index (χ4n) is 4.49. The molecular formula is C22H26F2N4O. The Labute approximate surface area is 169 Å². The summed E-state index contributed by atoms with van der Waals surface area (Å²) in [5.41, 5.74) is 3.77. The third-order valence-electron chi connectivity index (χ3n) is 6.20. The summed E-state index contributed by atoms with van der Waals surface area (Å²) in [4.78, 5) is 18.5. The number of amides is 1. The first-order valence-corrected chi connectivity index (χ1v) is 10.2. The van der Waals surface area contributed by atoms with Crippen LogP contribution in [0.3, 0.4) is 0 Å². The van der Waals surface area contributed by atoms with Gasteiger partial charge in [0.15, 0.2) is 0 Å². The maximum atomic E-state index is 13.6. The van der Waals surface area contributed by atoms with E-state index in [2.05, 4.69) is 16.7 Å². The van der Waals surface area contributed by atoms with Gasteiger partial charge in [0, 0.05) is 68.5 Å².